The lowest BCUT2D eigenvalue weighted by atomic mass is 9.95. The highest BCUT2D eigenvalue weighted by Gasteiger charge is 2.48. The normalized spacial score (nSPS) is 23.1. The van der Waals surface area contributed by atoms with E-state index in [0.717, 1.165) is 56.1 Å². The number of hydrogen-bond acceptors (Lipinski definition) is 6. The van der Waals surface area contributed by atoms with Gasteiger partial charge in [0.1, 0.15) is 11.9 Å². The first-order valence-corrected chi connectivity index (χ1v) is 13.0. The molecule has 8 nitrogen and oxygen atoms in total. The van der Waals surface area contributed by atoms with Gasteiger partial charge in [0, 0.05) is 63.8 Å². The number of piperazine rings is 1. The van der Waals surface area contributed by atoms with Crippen LogP contribution in [0.5, 0.6) is 0 Å². The number of rotatable bonds is 4. The van der Waals surface area contributed by atoms with Gasteiger partial charge in [0.25, 0.3) is 0 Å². The number of hydrogen-bond donors (Lipinski definition) is 1. The Morgan fingerprint density at radius 1 is 1.05 bits per heavy atom. The molecule has 0 saturated carbocycles. The van der Waals surface area contributed by atoms with Gasteiger partial charge in [0.05, 0.1) is 16.9 Å². The third-order valence-corrected chi connectivity index (χ3v) is 7.76. The van der Waals surface area contributed by atoms with Crippen LogP contribution in [0.2, 0.25) is 0 Å². The van der Waals surface area contributed by atoms with Gasteiger partial charge < -0.3 is 15.1 Å². The lowest BCUT2D eigenvalue weighted by Crippen LogP contribution is -2.51. The van der Waals surface area contributed by atoms with Crippen molar-refractivity contribution in [1.29, 1.82) is 0 Å². The standard InChI is InChI=1S/C27H33F3N6O2/c1-17-5-4-6-21-24(17)35(12-11-34-9-7-33(3)8-10-34)16-19-14-23(37)36(25(19)26(38)32-21)22-15-20(27(28,29)30)13-18(2)31-22/h4-6,13,15,19,25H,7-12,14,16H2,1-3H3,(H,32,38)/t19-,25+/m1/s1. The maximum Gasteiger partial charge on any atom is 0.416 e. The zero-order valence-electron chi connectivity index (χ0n) is 21.9. The minimum absolute atomic E-state index is 0.0568. The van der Waals surface area contributed by atoms with Crippen molar-refractivity contribution < 1.29 is 22.8 Å². The van der Waals surface area contributed by atoms with E-state index in [4.69, 9.17) is 0 Å². The number of fused-ring (bicyclic) bond motifs is 2. The van der Waals surface area contributed by atoms with Gasteiger partial charge in [0.2, 0.25) is 11.8 Å². The van der Waals surface area contributed by atoms with Crippen LogP contribution in [0.15, 0.2) is 30.3 Å². The molecule has 0 aliphatic carbocycles. The van der Waals surface area contributed by atoms with Crippen LogP contribution in [0.25, 0.3) is 0 Å². The van der Waals surface area contributed by atoms with Gasteiger partial charge in [0.15, 0.2) is 0 Å². The van der Waals surface area contributed by atoms with E-state index in [9.17, 15) is 22.8 Å². The van der Waals surface area contributed by atoms with Crippen LogP contribution in [0.1, 0.15) is 23.2 Å². The number of alkyl halides is 3. The molecule has 1 aromatic carbocycles. The zero-order chi connectivity index (χ0) is 27.2. The van der Waals surface area contributed by atoms with Crippen LogP contribution < -0.4 is 15.1 Å². The van der Waals surface area contributed by atoms with Crippen molar-refractivity contribution in [2.24, 2.45) is 5.92 Å². The highest BCUT2D eigenvalue weighted by atomic mass is 19.4. The summed E-state index contributed by atoms with van der Waals surface area (Å²) in [5.41, 5.74) is 1.81. The van der Waals surface area contributed by atoms with Crippen LogP contribution in [0.4, 0.5) is 30.4 Å². The second-order valence-electron chi connectivity index (χ2n) is 10.6. The summed E-state index contributed by atoms with van der Waals surface area (Å²) in [6.07, 6.45) is -4.54. The van der Waals surface area contributed by atoms with Crippen molar-refractivity contribution in [2.45, 2.75) is 32.5 Å². The highest BCUT2D eigenvalue weighted by molar-refractivity contribution is 6.09. The maximum atomic E-state index is 13.6. The predicted molar refractivity (Wildman–Crippen MR) is 139 cm³/mol. The predicted octanol–water partition coefficient (Wildman–Crippen LogP) is 3.14. The van der Waals surface area contributed by atoms with Gasteiger partial charge in [-0.25, -0.2) is 4.98 Å². The lowest BCUT2D eigenvalue weighted by molar-refractivity contribution is -0.137. The summed E-state index contributed by atoms with van der Waals surface area (Å²) < 4.78 is 40.7. The molecular weight excluding hydrogens is 497 g/mol. The maximum absolute atomic E-state index is 13.6. The Hall–Kier alpha value is -3.18. The van der Waals surface area contributed by atoms with E-state index in [1.165, 1.54) is 11.8 Å². The number of halogens is 3. The number of benzene rings is 1. The summed E-state index contributed by atoms with van der Waals surface area (Å²) in [4.78, 5) is 39.2. The van der Waals surface area contributed by atoms with Crippen LogP contribution in [0, 0.1) is 19.8 Å². The molecule has 0 radical (unpaired) electrons. The Kier molecular flexibility index (Phi) is 7.08. The number of nitrogens with one attached hydrogen (secondary N) is 1. The third-order valence-electron chi connectivity index (χ3n) is 7.76. The Morgan fingerprint density at radius 2 is 1.79 bits per heavy atom. The molecule has 38 heavy (non-hydrogen) atoms. The Morgan fingerprint density at radius 3 is 2.50 bits per heavy atom. The first kappa shape index (κ1) is 26.4. The molecule has 204 valence electrons. The lowest BCUT2D eigenvalue weighted by Gasteiger charge is -2.38. The average molecular weight is 531 g/mol. The molecule has 11 heteroatoms. The molecule has 2 atom stereocenters. The molecule has 2 saturated heterocycles. The van der Waals surface area contributed by atoms with E-state index in [1.54, 1.807) is 0 Å². The topological polar surface area (TPSA) is 72.0 Å². The number of para-hydroxylation sites is 1. The molecule has 0 unspecified atom stereocenters. The third kappa shape index (κ3) is 5.22. The first-order chi connectivity index (χ1) is 18.0. The minimum atomic E-state index is -4.59. The number of carbonyl (C=O) groups excluding carboxylic acids is 2. The van der Waals surface area contributed by atoms with Gasteiger partial charge in [-0.2, -0.15) is 13.2 Å². The van der Waals surface area contributed by atoms with Crippen molar-refractivity contribution in [1.82, 2.24) is 14.8 Å². The number of pyridine rings is 1. The van der Waals surface area contributed by atoms with Gasteiger partial charge >= 0.3 is 6.18 Å². The molecule has 0 spiro atoms. The monoisotopic (exact) mass is 530 g/mol. The largest absolute Gasteiger partial charge is 0.416 e. The molecule has 1 aromatic heterocycles. The quantitative estimate of drug-likeness (QED) is 0.655. The van der Waals surface area contributed by atoms with Crippen LogP contribution in [-0.4, -0.2) is 85.5 Å². The van der Waals surface area contributed by atoms with E-state index >= 15 is 0 Å². The van der Waals surface area contributed by atoms with Crippen LogP contribution in [0.3, 0.4) is 0 Å². The highest BCUT2D eigenvalue weighted by Crippen LogP contribution is 2.40. The zero-order valence-corrected chi connectivity index (χ0v) is 21.9. The number of anilines is 3. The van der Waals surface area contributed by atoms with Gasteiger partial charge in [-0.1, -0.05) is 12.1 Å². The SMILES string of the molecule is Cc1cc(C(F)(F)F)cc(N2C(=O)C[C@@H]3CN(CCN4CCN(C)CC4)c4c(C)cccc4NC(=O)[C@H]32)n1. The van der Waals surface area contributed by atoms with E-state index in [2.05, 4.69) is 32.0 Å². The molecule has 4 heterocycles. The number of carbonyl (C=O) groups is 2. The van der Waals surface area contributed by atoms with Crippen molar-refractivity contribution in [2.75, 3.05) is 68.0 Å². The van der Waals surface area contributed by atoms with E-state index in [1.807, 2.05) is 25.1 Å². The molecule has 3 aliphatic rings. The fourth-order valence-corrected chi connectivity index (χ4v) is 5.80. The van der Waals surface area contributed by atoms with Crippen molar-refractivity contribution in [3.63, 3.8) is 0 Å². The number of aryl methyl sites for hydroxylation is 2. The van der Waals surface area contributed by atoms with Gasteiger partial charge in [-0.05, 0) is 44.7 Å². The summed E-state index contributed by atoms with van der Waals surface area (Å²) in [6, 6.07) is 6.53. The second-order valence-corrected chi connectivity index (χ2v) is 10.6. The summed E-state index contributed by atoms with van der Waals surface area (Å²) in [5.74, 6) is -1.36. The minimum Gasteiger partial charge on any atom is -0.368 e. The molecule has 3 aliphatic heterocycles. The fraction of sp³-hybridized carbons (Fsp3) is 0.519. The van der Waals surface area contributed by atoms with Crippen LogP contribution in [-0.2, 0) is 15.8 Å². The average Bonchev–Trinajstić information content (AvgIpc) is 3.16. The molecule has 0 bridgehead atoms. The fourth-order valence-electron chi connectivity index (χ4n) is 5.80. The van der Waals surface area contributed by atoms with E-state index < -0.39 is 35.5 Å². The molecule has 2 amide bonds. The van der Waals surface area contributed by atoms with Crippen LogP contribution >= 0.6 is 0 Å². The number of nitrogens with zero attached hydrogens (tertiary/aromatic N) is 5. The number of amides is 2. The van der Waals surface area contributed by atoms with Crippen molar-refractivity contribution >= 4 is 29.0 Å². The molecule has 1 N–H and O–H groups in total. The van der Waals surface area contributed by atoms with E-state index in [0.29, 0.717) is 18.8 Å². The Labute approximate surface area is 220 Å². The van der Waals surface area contributed by atoms with E-state index in [-0.39, 0.29) is 17.9 Å². The first-order valence-electron chi connectivity index (χ1n) is 13.0. The Bertz CT molecular complexity index is 1230. The number of likely N-dealkylation sites (N-methyl/N-ethyl adjacent to an activating group) is 1. The number of aromatic nitrogens is 1. The van der Waals surface area contributed by atoms with Crippen molar-refractivity contribution in [3.8, 4) is 0 Å². The molecule has 5 rings (SSSR count). The molecular formula is C27H33F3N6O2. The molecule has 2 fully saturated rings. The van der Waals surface area contributed by atoms with Gasteiger partial charge in [-0.15, -0.1) is 0 Å². The molecule has 2 aromatic rings. The summed E-state index contributed by atoms with van der Waals surface area (Å²) in [6.45, 7) is 9.37. The smallest absolute Gasteiger partial charge is 0.368 e. The summed E-state index contributed by atoms with van der Waals surface area (Å²) in [7, 11) is 2.11. The van der Waals surface area contributed by atoms with Crippen molar-refractivity contribution in [3.05, 3.63) is 47.2 Å². The van der Waals surface area contributed by atoms with Gasteiger partial charge in [-0.3, -0.25) is 19.4 Å². The Balaban J connectivity index is 1.48. The summed E-state index contributed by atoms with van der Waals surface area (Å²) >= 11 is 0. The second kappa shape index (κ2) is 10.2. The summed E-state index contributed by atoms with van der Waals surface area (Å²) in [5, 5.41) is 2.98.